The molecular formula is C24H22N2O2. The Kier molecular flexibility index (Phi) is 4.05. The van der Waals surface area contributed by atoms with Crippen molar-refractivity contribution in [3.63, 3.8) is 0 Å². The first-order valence-corrected chi connectivity index (χ1v) is 9.72. The second-order valence-electron chi connectivity index (χ2n) is 7.48. The second kappa shape index (κ2) is 6.71. The van der Waals surface area contributed by atoms with E-state index in [4.69, 9.17) is 10.5 Å². The van der Waals surface area contributed by atoms with Gasteiger partial charge in [-0.1, -0.05) is 42.5 Å². The predicted octanol–water partition coefficient (Wildman–Crippen LogP) is 4.93. The summed E-state index contributed by atoms with van der Waals surface area (Å²) in [7, 11) is 0. The van der Waals surface area contributed by atoms with Crippen molar-refractivity contribution in [3.05, 3.63) is 82.9 Å². The van der Waals surface area contributed by atoms with E-state index in [0.29, 0.717) is 6.54 Å². The molecule has 2 aliphatic rings. The zero-order valence-corrected chi connectivity index (χ0v) is 15.7. The summed E-state index contributed by atoms with van der Waals surface area (Å²) >= 11 is 0. The van der Waals surface area contributed by atoms with Crippen molar-refractivity contribution in [2.75, 3.05) is 17.2 Å². The molecule has 2 N–H and O–H groups in total. The lowest BCUT2D eigenvalue weighted by molar-refractivity contribution is 0.146. The molecule has 0 aromatic heterocycles. The lowest BCUT2D eigenvalue weighted by Crippen LogP contribution is -2.35. The average Bonchev–Trinajstić information content (AvgIpc) is 3.10. The quantitative estimate of drug-likeness (QED) is 0.509. The third kappa shape index (κ3) is 2.82. The van der Waals surface area contributed by atoms with Crippen LogP contribution in [0.3, 0.4) is 0 Å². The fraction of sp³-hybridized carbons (Fsp3) is 0.208. The van der Waals surface area contributed by atoms with Crippen LogP contribution < -0.4 is 10.6 Å². The van der Waals surface area contributed by atoms with Crippen LogP contribution in [0.15, 0.2) is 60.7 Å². The molecule has 1 amide bonds. The number of amides is 1. The summed E-state index contributed by atoms with van der Waals surface area (Å²) in [5.74, 6) is 0. The number of carbonyl (C=O) groups excluding carboxylic acids is 1. The van der Waals surface area contributed by atoms with Gasteiger partial charge in [0.15, 0.2) is 0 Å². The van der Waals surface area contributed by atoms with Gasteiger partial charge >= 0.3 is 6.09 Å². The largest absolute Gasteiger partial charge is 0.444 e. The Labute approximate surface area is 164 Å². The third-order valence-electron chi connectivity index (χ3n) is 5.74. The van der Waals surface area contributed by atoms with Crippen molar-refractivity contribution in [3.8, 4) is 11.1 Å². The van der Waals surface area contributed by atoms with E-state index in [1.807, 2.05) is 24.3 Å². The van der Waals surface area contributed by atoms with Crippen LogP contribution in [0.25, 0.3) is 11.1 Å². The predicted molar refractivity (Wildman–Crippen MR) is 111 cm³/mol. The number of nitrogens with two attached hydrogens (primary N) is 1. The van der Waals surface area contributed by atoms with E-state index in [-0.39, 0.29) is 12.7 Å². The van der Waals surface area contributed by atoms with Crippen LogP contribution in [0.5, 0.6) is 0 Å². The average molecular weight is 370 g/mol. The fourth-order valence-electron chi connectivity index (χ4n) is 4.38. The van der Waals surface area contributed by atoms with Crippen LogP contribution in [-0.2, 0) is 24.2 Å². The molecule has 0 atom stereocenters. The molecule has 0 fully saturated rings. The summed E-state index contributed by atoms with van der Waals surface area (Å²) < 4.78 is 5.73. The fourth-order valence-corrected chi connectivity index (χ4v) is 4.38. The Bertz CT molecular complexity index is 1070. The van der Waals surface area contributed by atoms with E-state index in [9.17, 15) is 4.79 Å². The Morgan fingerprint density at radius 3 is 2.79 bits per heavy atom. The van der Waals surface area contributed by atoms with E-state index >= 15 is 0 Å². The molecule has 0 radical (unpaired) electrons. The minimum absolute atomic E-state index is 0.288. The van der Waals surface area contributed by atoms with Crippen molar-refractivity contribution in [1.82, 2.24) is 0 Å². The highest BCUT2D eigenvalue weighted by atomic mass is 16.6. The summed E-state index contributed by atoms with van der Waals surface area (Å²) in [5.41, 5.74) is 14.9. The first kappa shape index (κ1) is 16.9. The van der Waals surface area contributed by atoms with Gasteiger partial charge in [-0.05, 0) is 70.8 Å². The molecular weight excluding hydrogens is 348 g/mol. The highest BCUT2D eigenvalue weighted by Crippen LogP contribution is 2.38. The topological polar surface area (TPSA) is 55.6 Å². The summed E-state index contributed by atoms with van der Waals surface area (Å²) in [6.45, 7) is 0.963. The van der Waals surface area contributed by atoms with Gasteiger partial charge < -0.3 is 10.5 Å². The smallest absolute Gasteiger partial charge is 0.414 e. The standard InChI is InChI=1S/C24H22N2O2/c25-19-10-11-23-17(13-19)7-4-12-26(23)24(27)28-15-18-6-3-9-21-20-8-2-1-5-16(20)14-22(18)21/h1-3,5-6,8-11,13H,4,7,12,14-15,25H2. The Morgan fingerprint density at radius 2 is 1.86 bits per heavy atom. The van der Waals surface area contributed by atoms with Crippen LogP contribution in [0.4, 0.5) is 16.2 Å². The second-order valence-corrected chi connectivity index (χ2v) is 7.48. The number of nitrogen functional groups attached to an aromatic ring is 1. The molecule has 0 saturated carbocycles. The number of aryl methyl sites for hydroxylation is 1. The molecule has 1 aliphatic heterocycles. The number of nitrogens with zero attached hydrogens (tertiary/aromatic N) is 1. The van der Waals surface area contributed by atoms with Crippen LogP contribution in [-0.4, -0.2) is 12.6 Å². The number of benzene rings is 3. The molecule has 3 aromatic carbocycles. The summed E-state index contributed by atoms with van der Waals surface area (Å²) in [6, 6.07) is 20.4. The molecule has 0 saturated heterocycles. The van der Waals surface area contributed by atoms with E-state index in [2.05, 4.69) is 36.4 Å². The SMILES string of the molecule is Nc1ccc2c(c1)CCCN2C(=O)OCc1cccc2c1Cc1ccccc1-2. The first-order chi connectivity index (χ1) is 13.7. The lowest BCUT2D eigenvalue weighted by Gasteiger charge is -2.29. The van der Waals surface area contributed by atoms with Crippen molar-refractivity contribution < 1.29 is 9.53 Å². The highest BCUT2D eigenvalue weighted by Gasteiger charge is 2.25. The zero-order valence-electron chi connectivity index (χ0n) is 15.7. The Morgan fingerprint density at radius 1 is 1.00 bits per heavy atom. The van der Waals surface area contributed by atoms with Crippen molar-refractivity contribution in [1.29, 1.82) is 0 Å². The maximum absolute atomic E-state index is 12.8. The molecule has 1 aliphatic carbocycles. The van der Waals surface area contributed by atoms with Crippen LogP contribution in [0.1, 0.15) is 28.7 Å². The number of fused-ring (bicyclic) bond motifs is 4. The maximum atomic E-state index is 12.8. The van der Waals surface area contributed by atoms with E-state index in [1.165, 1.54) is 22.3 Å². The maximum Gasteiger partial charge on any atom is 0.414 e. The van der Waals surface area contributed by atoms with Gasteiger partial charge in [-0.3, -0.25) is 4.90 Å². The Balaban J connectivity index is 1.35. The molecule has 3 aromatic rings. The van der Waals surface area contributed by atoms with Gasteiger partial charge in [-0.2, -0.15) is 0 Å². The molecule has 0 spiro atoms. The summed E-state index contributed by atoms with van der Waals surface area (Å²) in [6.07, 6.45) is 2.46. The van der Waals surface area contributed by atoms with Crippen molar-refractivity contribution >= 4 is 17.5 Å². The van der Waals surface area contributed by atoms with Crippen molar-refractivity contribution in [2.45, 2.75) is 25.9 Å². The lowest BCUT2D eigenvalue weighted by atomic mass is 10.0. The van der Waals surface area contributed by atoms with Gasteiger partial charge in [0.25, 0.3) is 0 Å². The van der Waals surface area contributed by atoms with Crippen molar-refractivity contribution in [2.24, 2.45) is 0 Å². The summed E-state index contributed by atoms with van der Waals surface area (Å²) in [5, 5.41) is 0. The van der Waals surface area contributed by atoms with Gasteiger partial charge in [-0.25, -0.2) is 4.79 Å². The van der Waals surface area contributed by atoms with Gasteiger partial charge in [0.1, 0.15) is 6.61 Å². The number of hydrogen-bond acceptors (Lipinski definition) is 3. The molecule has 28 heavy (non-hydrogen) atoms. The monoisotopic (exact) mass is 370 g/mol. The molecule has 140 valence electrons. The number of ether oxygens (including phenoxy) is 1. The minimum Gasteiger partial charge on any atom is -0.444 e. The molecule has 4 heteroatoms. The minimum atomic E-state index is -0.293. The first-order valence-electron chi connectivity index (χ1n) is 9.72. The molecule has 5 rings (SSSR count). The molecule has 1 heterocycles. The van der Waals surface area contributed by atoms with Gasteiger partial charge in [0, 0.05) is 12.2 Å². The van der Waals surface area contributed by atoms with E-state index in [0.717, 1.165) is 41.8 Å². The highest BCUT2D eigenvalue weighted by molar-refractivity contribution is 5.89. The molecule has 4 nitrogen and oxygen atoms in total. The van der Waals surface area contributed by atoms with E-state index < -0.39 is 0 Å². The molecule has 0 bridgehead atoms. The van der Waals surface area contributed by atoms with Gasteiger partial charge in [0.05, 0.1) is 5.69 Å². The number of anilines is 2. The van der Waals surface area contributed by atoms with Crippen LogP contribution in [0, 0.1) is 0 Å². The number of hydrogen-bond donors (Lipinski definition) is 1. The third-order valence-corrected chi connectivity index (χ3v) is 5.74. The Hall–Kier alpha value is -3.27. The number of carbonyl (C=O) groups is 1. The normalized spacial score (nSPS) is 14.2. The van der Waals surface area contributed by atoms with Gasteiger partial charge in [0.2, 0.25) is 0 Å². The molecule has 0 unspecified atom stereocenters. The van der Waals surface area contributed by atoms with Crippen LogP contribution in [0.2, 0.25) is 0 Å². The zero-order chi connectivity index (χ0) is 19.1. The summed E-state index contributed by atoms with van der Waals surface area (Å²) in [4.78, 5) is 14.5. The van der Waals surface area contributed by atoms with Crippen LogP contribution >= 0.6 is 0 Å². The van der Waals surface area contributed by atoms with E-state index in [1.54, 1.807) is 4.90 Å². The van der Waals surface area contributed by atoms with Gasteiger partial charge in [-0.15, -0.1) is 0 Å². The number of rotatable bonds is 2.